The number of aliphatic carboxylic acids is 1. The molecule has 1 aliphatic carbocycles. The summed E-state index contributed by atoms with van der Waals surface area (Å²) in [6.07, 6.45) is 2.52. The van der Waals surface area contributed by atoms with E-state index in [1.807, 2.05) is 0 Å². The van der Waals surface area contributed by atoms with Gasteiger partial charge in [0.25, 0.3) is 0 Å². The van der Waals surface area contributed by atoms with E-state index in [2.05, 4.69) is 24.2 Å². The first kappa shape index (κ1) is 16.4. The fourth-order valence-corrected chi connectivity index (χ4v) is 3.68. The molecular formula is C14H25N3O3S. The van der Waals surface area contributed by atoms with Crippen LogP contribution in [0.5, 0.6) is 0 Å². The number of hydrogen-bond acceptors (Lipinski definition) is 4. The first-order valence-corrected chi connectivity index (χ1v) is 8.70. The molecule has 2 aliphatic rings. The summed E-state index contributed by atoms with van der Waals surface area (Å²) in [5, 5.41) is 11.9. The van der Waals surface area contributed by atoms with Crippen molar-refractivity contribution >= 4 is 23.8 Å². The molecule has 1 heterocycles. The first-order chi connectivity index (χ1) is 9.99. The van der Waals surface area contributed by atoms with Crippen LogP contribution in [0.15, 0.2) is 0 Å². The third kappa shape index (κ3) is 4.78. The Balaban J connectivity index is 1.80. The number of amides is 2. The Morgan fingerprint density at radius 3 is 2.81 bits per heavy atom. The highest BCUT2D eigenvalue weighted by atomic mass is 32.2. The summed E-state index contributed by atoms with van der Waals surface area (Å²) in [6.45, 7) is 3.34. The van der Waals surface area contributed by atoms with Crippen molar-refractivity contribution in [3.05, 3.63) is 0 Å². The minimum atomic E-state index is -0.845. The molecule has 2 rings (SSSR count). The van der Waals surface area contributed by atoms with Crippen LogP contribution in [0.25, 0.3) is 0 Å². The third-order valence-corrected chi connectivity index (χ3v) is 5.36. The van der Waals surface area contributed by atoms with E-state index in [0.29, 0.717) is 30.9 Å². The van der Waals surface area contributed by atoms with E-state index < -0.39 is 5.97 Å². The van der Waals surface area contributed by atoms with Gasteiger partial charge in [-0.1, -0.05) is 0 Å². The number of carboxylic acid groups (broad SMARTS) is 1. The van der Waals surface area contributed by atoms with Crippen molar-refractivity contribution < 1.29 is 14.7 Å². The van der Waals surface area contributed by atoms with E-state index in [1.54, 1.807) is 16.7 Å². The summed E-state index contributed by atoms with van der Waals surface area (Å²) in [7, 11) is 2.10. The second-order valence-corrected chi connectivity index (χ2v) is 7.10. The number of carbonyl (C=O) groups is 2. The highest BCUT2D eigenvalue weighted by Crippen LogP contribution is 2.26. The molecule has 7 heteroatoms. The summed E-state index contributed by atoms with van der Waals surface area (Å²) in [5.41, 5.74) is 0. The maximum atomic E-state index is 12.3. The highest BCUT2D eigenvalue weighted by molar-refractivity contribution is 7.99. The van der Waals surface area contributed by atoms with E-state index in [9.17, 15) is 9.59 Å². The van der Waals surface area contributed by atoms with Gasteiger partial charge in [0.2, 0.25) is 0 Å². The maximum absolute atomic E-state index is 12.3. The molecule has 0 bridgehead atoms. The number of urea groups is 1. The zero-order valence-electron chi connectivity index (χ0n) is 12.7. The number of rotatable bonds is 6. The predicted molar refractivity (Wildman–Crippen MR) is 83.7 cm³/mol. The normalized spacial score (nSPS) is 24.0. The van der Waals surface area contributed by atoms with Crippen LogP contribution in [0.2, 0.25) is 0 Å². The van der Waals surface area contributed by atoms with Gasteiger partial charge in [0.15, 0.2) is 0 Å². The predicted octanol–water partition coefficient (Wildman–Crippen LogP) is 1.07. The number of likely N-dealkylation sites (N-methyl/N-ethyl adjacent to an activating group) is 1. The lowest BCUT2D eigenvalue weighted by Crippen LogP contribution is -2.53. The molecule has 1 saturated heterocycles. The Morgan fingerprint density at radius 1 is 1.48 bits per heavy atom. The van der Waals surface area contributed by atoms with E-state index >= 15 is 0 Å². The van der Waals surface area contributed by atoms with Gasteiger partial charge in [-0.25, -0.2) is 4.79 Å². The Morgan fingerprint density at radius 2 is 2.19 bits per heavy atom. The minimum Gasteiger partial charge on any atom is -0.481 e. The fraction of sp³-hybridized carbons (Fsp3) is 0.857. The lowest BCUT2D eigenvalue weighted by atomic mass is 10.2. The van der Waals surface area contributed by atoms with Crippen LogP contribution in [0, 0.1) is 0 Å². The van der Waals surface area contributed by atoms with Gasteiger partial charge in [0.1, 0.15) is 0 Å². The number of carboxylic acids is 1. The lowest BCUT2D eigenvalue weighted by Gasteiger charge is -2.35. The molecule has 21 heavy (non-hydrogen) atoms. The van der Waals surface area contributed by atoms with Gasteiger partial charge >= 0.3 is 12.0 Å². The summed E-state index contributed by atoms with van der Waals surface area (Å²) in [4.78, 5) is 27.2. The molecule has 2 N–H and O–H groups in total. The van der Waals surface area contributed by atoms with Gasteiger partial charge in [0, 0.05) is 36.7 Å². The topological polar surface area (TPSA) is 72.9 Å². The second kappa shape index (κ2) is 7.35. The number of carbonyl (C=O) groups excluding carboxylic acids is 1. The molecule has 0 aromatic heterocycles. The van der Waals surface area contributed by atoms with Crippen LogP contribution in [-0.4, -0.2) is 76.7 Å². The van der Waals surface area contributed by atoms with Gasteiger partial charge < -0.3 is 15.3 Å². The average molecular weight is 315 g/mol. The molecule has 2 amide bonds. The average Bonchev–Trinajstić information content (AvgIpc) is 3.28. The monoisotopic (exact) mass is 315 g/mol. The molecule has 1 aliphatic heterocycles. The van der Waals surface area contributed by atoms with Crippen LogP contribution in [0.4, 0.5) is 4.79 Å². The molecule has 0 radical (unpaired) electrons. The lowest BCUT2D eigenvalue weighted by molar-refractivity contribution is -0.138. The van der Waals surface area contributed by atoms with Crippen LogP contribution in [0.1, 0.15) is 26.2 Å². The second-order valence-electron chi connectivity index (χ2n) is 5.95. The molecule has 0 aromatic rings. The van der Waals surface area contributed by atoms with Gasteiger partial charge in [-0.3, -0.25) is 9.69 Å². The molecule has 2 unspecified atom stereocenters. The third-order valence-electron chi connectivity index (χ3n) is 4.27. The zero-order chi connectivity index (χ0) is 15.4. The van der Waals surface area contributed by atoms with Crippen LogP contribution < -0.4 is 5.32 Å². The van der Waals surface area contributed by atoms with Crippen molar-refractivity contribution in [2.45, 2.75) is 44.3 Å². The van der Waals surface area contributed by atoms with E-state index in [1.165, 1.54) is 12.8 Å². The molecular weight excluding hydrogens is 290 g/mol. The molecule has 0 aromatic carbocycles. The van der Waals surface area contributed by atoms with Gasteiger partial charge in [-0.15, -0.1) is 0 Å². The Labute approximate surface area is 130 Å². The van der Waals surface area contributed by atoms with Gasteiger partial charge in [-0.2, -0.15) is 11.8 Å². The van der Waals surface area contributed by atoms with Crippen molar-refractivity contribution in [1.29, 1.82) is 0 Å². The van der Waals surface area contributed by atoms with Crippen molar-refractivity contribution in [3.63, 3.8) is 0 Å². The SMILES string of the molecule is CC(CNC(=O)N1CCSCC1CC(=O)O)N(C)C1CC1. The standard InChI is InChI=1S/C14H25N3O3S/c1-10(16(2)11-3-4-11)8-15-14(20)17-5-6-21-9-12(17)7-13(18)19/h10-12H,3-9H2,1-2H3,(H,15,20)(H,18,19). The minimum absolute atomic E-state index is 0.0257. The van der Waals surface area contributed by atoms with Crippen LogP contribution >= 0.6 is 11.8 Å². The molecule has 2 atom stereocenters. The molecule has 2 fully saturated rings. The van der Waals surface area contributed by atoms with Crippen LogP contribution in [0.3, 0.4) is 0 Å². The Hall–Kier alpha value is -0.950. The Bertz CT molecular complexity index is 390. The van der Waals surface area contributed by atoms with Crippen LogP contribution in [-0.2, 0) is 4.79 Å². The summed E-state index contributed by atoms with van der Waals surface area (Å²) in [6, 6.07) is 0.650. The molecule has 6 nitrogen and oxygen atoms in total. The number of nitrogens with zero attached hydrogens (tertiary/aromatic N) is 2. The van der Waals surface area contributed by atoms with E-state index in [-0.39, 0.29) is 18.5 Å². The van der Waals surface area contributed by atoms with E-state index in [4.69, 9.17) is 5.11 Å². The van der Waals surface area contributed by atoms with Crippen molar-refractivity contribution in [3.8, 4) is 0 Å². The largest absolute Gasteiger partial charge is 0.481 e. The van der Waals surface area contributed by atoms with Crippen molar-refractivity contribution in [2.75, 3.05) is 31.6 Å². The zero-order valence-corrected chi connectivity index (χ0v) is 13.6. The fourth-order valence-electron chi connectivity index (χ4n) is 2.62. The number of nitrogens with one attached hydrogen (secondary N) is 1. The molecule has 120 valence electrons. The highest BCUT2D eigenvalue weighted by Gasteiger charge is 2.31. The van der Waals surface area contributed by atoms with Gasteiger partial charge in [0.05, 0.1) is 12.5 Å². The molecule has 1 saturated carbocycles. The summed E-state index contributed by atoms with van der Waals surface area (Å²) in [5.74, 6) is 0.736. The smallest absolute Gasteiger partial charge is 0.317 e. The molecule has 0 spiro atoms. The number of thioether (sulfide) groups is 1. The van der Waals surface area contributed by atoms with Crippen molar-refractivity contribution in [2.24, 2.45) is 0 Å². The first-order valence-electron chi connectivity index (χ1n) is 7.55. The summed E-state index contributed by atoms with van der Waals surface area (Å²) < 4.78 is 0. The van der Waals surface area contributed by atoms with Gasteiger partial charge in [-0.05, 0) is 26.8 Å². The Kier molecular flexibility index (Phi) is 5.75. The van der Waals surface area contributed by atoms with Crippen molar-refractivity contribution in [1.82, 2.24) is 15.1 Å². The quantitative estimate of drug-likeness (QED) is 0.767. The summed E-state index contributed by atoms with van der Waals surface area (Å²) >= 11 is 1.71. The maximum Gasteiger partial charge on any atom is 0.317 e. The van der Waals surface area contributed by atoms with E-state index in [0.717, 1.165) is 5.75 Å². The number of hydrogen-bond donors (Lipinski definition) is 2.